The fourth-order valence-corrected chi connectivity index (χ4v) is 10.1. The third-order valence-electron chi connectivity index (χ3n) is 12.7. The van der Waals surface area contributed by atoms with Gasteiger partial charge < -0.3 is 51.6 Å². The van der Waals surface area contributed by atoms with Crippen LogP contribution in [0.5, 0.6) is 0 Å². The van der Waals surface area contributed by atoms with Gasteiger partial charge in [0.1, 0.15) is 12.1 Å². The van der Waals surface area contributed by atoms with Crippen LogP contribution < -0.4 is 26.8 Å². The first-order valence-corrected chi connectivity index (χ1v) is 23.9. The van der Waals surface area contributed by atoms with Crippen LogP contribution in [0, 0.1) is 19.9 Å². The fourth-order valence-electron chi connectivity index (χ4n) is 8.92. The summed E-state index contributed by atoms with van der Waals surface area (Å²) in [4.78, 5) is 109. The maximum Gasteiger partial charge on any atom is 0.293 e. The van der Waals surface area contributed by atoms with Crippen molar-refractivity contribution in [2.75, 3.05) is 57.1 Å². The first-order valence-electron chi connectivity index (χ1n) is 23.0. The molecule has 2 aromatic heterocycles. The minimum atomic E-state index is -0.918. The number of nitrogens with one attached hydrogen (secondary N) is 4. The fraction of sp³-hybridized carbons (Fsp3) is 0.333. The van der Waals surface area contributed by atoms with Gasteiger partial charge in [0.2, 0.25) is 23.6 Å². The quantitative estimate of drug-likeness (QED) is 0.0735. The number of imide groups is 2. The molecule has 5 aromatic rings. The van der Waals surface area contributed by atoms with E-state index in [2.05, 4.69) is 34.3 Å². The van der Waals surface area contributed by atoms with Crippen LogP contribution in [-0.2, 0) is 76.5 Å². The maximum absolute atomic E-state index is 13.5. The molecular formula is C51H53N9O9SY-2. The summed E-state index contributed by atoms with van der Waals surface area (Å²) in [6, 6.07) is 21.2. The number of benzene rings is 3. The Balaban J connectivity index is 0.000000308. The van der Waals surface area contributed by atoms with Gasteiger partial charge in [-0.25, -0.2) is 4.98 Å². The molecular weight excluding hydrogens is 1000 g/mol. The van der Waals surface area contributed by atoms with Crippen LogP contribution in [0.1, 0.15) is 83.7 Å². The number of ether oxygens (including phenoxy) is 1. The van der Waals surface area contributed by atoms with Gasteiger partial charge >= 0.3 is 0 Å². The number of aromatic nitrogens is 2. The van der Waals surface area contributed by atoms with Crippen LogP contribution >= 0.6 is 11.3 Å². The largest absolute Gasteiger partial charge is 0.379 e. The number of aryl methyl sites for hydroxylation is 3. The zero-order chi connectivity index (χ0) is 49.6. The van der Waals surface area contributed by atoms with Gasteiger partial charge in [-0.1, -0.05) is 29.8 Å². The second-order valence-corrected chi connectivity index (χ2v) is 18.5. The van der Waals surface area contributed by atoms with Crippen molar-refractivity contribution in [2.24, 2.45) is 7.05 Å². The molecule has 1 aliphatic carbocycles. The van der Waals surface area contributed by atoms with E-state index in [0.29, 0.717) is 56.5 Å². The Morgan fingerprint density at radius 1 is 0.930 bits per heavy atom. The molecule has 4 N–H and O–H groups in total. The van der Waals surface area contributed by atoms with Gasteiger partial charge in [-0.15, -0.1) is 35.6 Å². The van der Waals surface area contributed by atoms with Crippen molar-refractivity contribution in [1.82, 2.24) is 34.9 Å². The van der Waals surface area contributed by atoms with E-state index in [0.717, 1.165) is 39.3 Å². The summed E-state index contributed by atoms with van der Waals surface area (Å²) in [6.07, 6.45) is 6.38. The summed E-state index contributed by atoms with van der Waals surface area (Å²) in [5.41, 5.74) is 5.84. The molecule has 2 saturated heterocycles. The van der Waals surface area contributed by atoms with E-state index in [1.165, 1.54) is 40.0 Å². The normalized spacial score (nSPS) is 17.6. The van der Waals surface area contributed by atoms with E-state index < -0.39 is 29.8 Å². The summed E-state index contributed by atoms with van der Waals surface area (Å²) in [6.45, 7) is 8.06. The first-order chi connectivity index (χ1) is 33.7. The first kappa shape index (κ1) is 52.4. The van der Waals surface area contributed by atoms with E-state index in [1.54, 1.807) is 35.5 Å². The Labute approximate surface area is 439 Å². The number of likely N-dealkylation sites (N-methyl/N-ethyl adjacent to an activating group) is 1. The predicted octanol–water partition coefficient (Wildman–Crippen LogP) is 4.36. The molecule has 4 aliphatic rings. The number of rotatable bonds is 13. The summed E-state index contributed by atoms with van der Waals surface area (Å²) < 4.78 is 7.07. The van der Waals surface area contributed by atoms with Crippen LogP contribution in [0.15, 0.2) is 77.7 Å². The third kappa shape index (κ3) is 11.9. The zero-order valence-corrected chi connectivity index (χ0v) is 43.3. The molecule has 7 amide bonds. The molecule has 2 atom stereocenters. The van der Waals surface area contributed by atoms with Crippen molar-refractivity contribution >= 4 is 69.9 Å². The van der Waals surface area contributed by atoms with Crippen molar-refractivity contribution < 1.29 is 71.0 Å². The molecule has 3 aromatic carbocycles. The molecule has 1 unspecified atom stereocenters. The van der Waals surface area contributed by atoms with E-state index in [-0.39, 0.29) is 91.7 Å². The number of piperidine rings is 1. The number of nitrogens with zero attached hydrogens (tertiary/aromatic N) is 5. The molecule has 367 valence electrons. The molecule has 0 spiro atoms. The Kier molecular flexibility index (Phi) is 17.2. The van der Waals surface area contributed by atoms with Crippen molar-refractivity contribution in [1.29, 1.82) is 0 Å². The van der Waals surface area contributed by atoms with Gasteiger partial charge in [0.15, 0.2) is 11.7 Å². The van der Waals surface area contributed by atoms with Gasteiger partial charge in [0.05, 0.1) is 29.7 Å². The van der Waals surface area contributed by atoms with Crippen LogP contribution in [-0.4, -0.2) is 118 Å². The topological polar surface area (TPSA) is 221 Å². The zero-order valence-electron chi connectivity index (χ0n) is 39.7. The molecule has 9 rings (SSSR count). The number of hydrogen-bond acceptors (Lipinski definition) is 13. The number of thiophene rings is 1. The Morgan fingerprint density at radius 2 is 1.69 bits per heavy atom. The van der Waals surface area contributed by atoms with Crippen LogP contribution in [0.2, 0.25) is 0 Å². The van der Waals surface area contributed by atoms with Crippen molar-refractivity contribution in [3.05, 3.63) is 134 Å². The number of fused-ring (bicyclic) bond motifs is 2. The summed E-state index contributed by atoms with van der Waals surface area (Å²) >= 11 is 1.58. The molecule has 71 heavy (non-hydrogen) atoms. The third-order valence-corrected chi connectivity index (χ3v) is 13.9. The predicted molar refractivity (Wildman–Crippen MR) is 261 cm³/mol. The minimum absolute atomic E-state index is 0. The monoisotopic (exact) mass is 1060 g/mol. The number of carbonyl (C=O) groups excluding carboxylic acids is 7. The summed E-state index contributed by atoms with van der Waals surface area (Å²) in [5, 5.41) is 11.0. The summed E-state index contributed by atoms with van der Waals surface area (Å²) in [7, 11) is 3.61. The smallest absolute Gasteiger partial charge is 0.293 e. The van der Waals surface area contributed by atoms with Gasteiger partial charge in [0, 0.05) is 100 Å². The van der Waals surface area contributed by atoms with Crippen LogP contribution in [0.4, 0.5) is 17.2 Å². The van der Waals surface area contributed by atoms with Crippen molar-refractivity contribution in [2.45, 2.75) is 57.5 Å². The second-order valence-electron chi connectivity index (χ2n) is 17.4. The van der Waals surface area contributed by atoms with Gasteiger partial charge in [0.25, 0.3) is 11.5 Å². The Hall–Kier alpha value is -6.38. The van der Waals surface area contributed by atoms with E-state index >= 15 is 0 Å². The SMILES string of the molecule is O=C1CCC(N2C(=O)c3[c-]cccc3C2=O)C(=O)N1.[CH2-]C(=O)NCCOCCN1CCN(C)[C@H](c2ccc(Nc3nc(-c4cccc(NC(=O)c5cc6c(s5)CCCC6)c4C)cn(C)c3=O)cc2)C1=O.[Y]. The number of piperazine rings is 1. The van der Waals surface area contributed by atoms with E-state index in [4.69, 9.17) is 9.72 Å². The van der Waals surface area contributed by atoms with Crippen molar-refractivity contribution in [3.8, 4) is 11.3 Å². The van der Waals surface area contributed by atoms with Crippen LogP contribution in [0.3, 0.4) is 0 Å². The molecule has 0 bridgehead atoms. The average molecular weight is 1060 g/mol. The van der Waals surface area contributed by atoms with E-state index in [1.807, 2.05) is 67.4 Å². The maximum atomic E-state index is 13.5. The molecule has 1 radical (unpaired) electrons. The average Bonchev–Trinajstić information content (AvgIpc) is 3.89. The summed E-state index contributed by atoms with van der Waals surface area (Å²) in [5.74, 6) is -2.35. The van der Waals surface area contributed by atoms with Crippen molar-refractivity contribution in [3.63, 3.8) is 0 Å². The van der Waals surface area contributed by atoms with E-state index in [9.17, 15) is 38.4 Å². The minimum Gasteiger partial charge on any atom is -0.379 e. The Bertz CT molecular complexity index is 2880. The Morgan fingerprint density at radius 3 is 2.42 bits per heavy atom. The molecule has 18 nitrogen and oxygen atoms in total. The standard InChI is InChI=1S/C38H44N7O5S.C13H9N2O4.Y/c1-24-29(9-7-10-30(24)42-36(47)33-22-27-8-5-6-11-32(27)51-33)31-23-44(4)38(49)35(41-31)40-28-14-12-26(13-15-28)34-37(48)45(18-17-43(34)3)19-21-50-20-16-39-25(2)46;16-10-6-5-9(11(17)14-10)15-12(18)7-3-1-2-4-8(7)13(15)19;/h7,9-10,12-15,22-23,34H,2,5-6,8,11,16-21H2,1,3-4H3,(H,39,46)(H,40,41)(H,42,47);1-3,9H,5-6H2,(H,14,16,17);/q2*-1;/t34-;;/m1../s1. The number of amides is 7. The van der Waals surface area contributed by atoms with Gasteiger partial charge in [-0.2, -0.15) is 0 Å². The molecule has 0 saturated carbocycles. The molecule has 20 heteroatoms. The van der Waals surface area contributed by atoms with Gasteiger partial charge in [-0.3, -0.25) is 39.0 Å². The van der Waals surface area contributed by atoms with Gasteiger partial charge in [-0.05, 0) is 92.6 Å². The second kappa shape index (κ2) is 23.2. The molecule has 3 aliphatic heterocycles. The number of anilines is 3. The van der Waals surface area contributed by atoms with Crippen LogP contribution in [0.25, 0.3) is 11.3 Å². The molecule has 5 heterocycles. The number of hydrogen-bond donors (Lipinski definition) is 4. The molecule has 2 fully saturated rings. The number of carbonyl (C=O) groups is 7.